The Kier molecular flexibility index (Phi) is 5.34. The van der Waals surface area contributed by atoms with Crippen molar-refractivity contribution in [2.45, 2.75) is 46.9 Å². The maximum atomic E-state index is 13.8. The molecule has 0 bridgehead atoms. The van der Waals surface area contributed by atoms with Crippen molar-refractivity contribution in [2.75, 3.05) is 6.61 Å². The van der Waals surface area contributed by atoms with Crippen LogP contribution in [0.3, 0.4) is 0 Å². The quantitative estimate of drug-likeness (QED) is 0.679. The summed E-state index contributed by atoms with van der Waals surface area (Å²) in [6, 6.07) is 2.99. The highest BCUT2D eigenvalue weighted by Gasteiger charge is 2.35. The van der Waals surface area contributed by atoms with Crippen LogP contribution in [0.4, 0.5) is 8.78 Å². The number of aryl methyl sites for hydroxylation is 1. The molecule has 0 aliphatic carbocycles. The zero-order valence-corrected chi connectivity index (χ0v) is 17.7. The maximum absolute atomic E-state index is 13.8. The molecule has 31 heavy (non-hydrogen) atoms. The standard InChI is InChI=1S/C21H23F2N5O3/c1-11-24-20(31-27-11)17(21(2,3)4)26-19(29)16-15-10-30-8-7-28(15)18(25-16)12-5-6-13(22)14(23)9-12/h5-6,9,17H,7-8,10H2,1-4H3,(H,26,29)/t17-/m1/s1. The van der Waals surface area contributed by atoms with Crippen LogP contribution in [0.1, 0.15) is 54.7 Å². The number of benzene rings is 1. The molecule has 0 spiro atoms. The summed E-state index contributed by atoms with van der Waals surface area (Å²) in [5.74, 6) is -1.23. The van der Waals surface area contributed by atoms with E-state index in [4.69, 9.17) is 9.26 Å². The predicted molar refractivity (Wildman–Crippen MR) is 106 cm³/mol. The number of carbonyl (C=O) groups is 1. The number of ether oxygens (including phenoxy) is 1. The lowest BCUT2D eigenvalue weighted by Crippen LogP contribution is -2.37. The Morgan fingerprint density at radius 2 is 2.00 bits per heavy atom. The molecule has 0 unspecified atom stereocenters. The first-order valence-electron chi connectivity index (χ1n) is 9.89. The van der Waals surface area contributed by atoms with Crippen molar-refractivity contribution in [3.8, 4) is 11.4 Å². The summed E-state index contributed by atoms with van der Waals surface area (Å²) >= 11 is 0. The Balaban J connectivity index is 1.72. The van der Waals surface area contributed by atoms with Crippen LogP contribution in [0.2, 0.25) is 0 Å². The predicted octanol–water partition coefficient (Wildman–Crippen LogP) is 3.57. The normalized spacial score (nSPS) is 14.9. The molecule has 0 radical (unpaired) electrons. The summed E-state index contributed by atoms with van der Waals surface area (Å²) in [4.78, 5) is 22.0. The number of amides is 1. The van der Waals surface area contributed by atoms with Gasteiger partial charge in [-0.15, -0.1) is 0 Å². The molecule has 1 aliphatic rings. The number of hydrogen-bond donors (Lipinski definition) is 1. The average molecular weight is 431 g/mol. The number of carbonyl (C=O) groups excluding carboxylic acids is 1. The van der Waals surface area contributed by atoms with E-state index in [9.17, 15) is 13.6 Å². The van der Waals surface area contributed by atoms with E-state index in [1.165, 1.54) is 6.07 Å². The molecule has 0 saturated heterocycles. The van der Waals surface area contributed by atoms with Crippen LogP contribution in [-0.2, 0) is 17.9 Å². The van der Waals surface area contributed by atoms with E-state index in [1.807, 2.05) is 20.8 Å². The second-order valence-electron chi connectivity index (χ2n) is 8.52. The molecule has 1 amide bonds. The van der Waals surface area contributed by atoms with E-state index in [2.05, 4.69) is 20.4 Å². The highest BCUT2D eigenvalue weighted by molar-refractivity contribution is 5.94. The Labute approximate surface area is 177 Å². The largest absolute Gasteiger partial charge is 0.373 e. The lowest BCUT2D eigenvalue weighted by Gasteiger charge is -2.28. The number of nitrogens with one attached hydrogen (secondary N) is 1. The molecule has 10 heteroatoms. The van der Waals surface area contributed by atoms with Crippen LogP contribution < -0.4 is 5.32 Å². The smallest absolute Gasteiger partial charge is 0.272 e. The van der Waals surface area contributed by atoms with E-state index in [0.717, 1.165) is 12.1 Å². The van der Waals surface area contributed by atoms with E-state index in [1.54, 1.807) is 11.5 Å². The van der Waals surface area contributed by atoms with Gasteiger partial charge in [0.1, 0.15) is 11.9 Å². The van der Waals surface area contributed by atoms with Crippen LogP contribution in [0.25, 0.3) is 11.4 Å². The van der Waals surface area contributed by atoms with Crippen molar-refractivity contribution < 1.29 is 22.8 Å². The van der Waals surface area contributed by atoms with Gasteiger partial charge < -0.3 is 19.1 Å². The number of halogens is 2. The molecule has 3 aromatic rings. The molecule has 164 valence electrons. The fourth-order valence-corrected chi connectivity index (χ4v) is 3.51. The minimum atomic E-state index is -0.979. The summed E-state index contributed by atoms with van der Waals surface area (Å²) in [6.45, 7) is 8.56. The maximum Gasteiger partial charge on any atom is 0.272 e. The Hall–Kier alpha value is -3.14. The van der Waals surface area contributed by atoms with Crippen LogP contribution in [-0.4, -0.2) is 32.2 Å². The fraction of sp³-hybridized carbons (Fsp3) is 0.429. The Morgan fingerprint density at radius 1 is 1.23 bits per heavy atom. The second-order valence-corrected chi connectivity index (χ2v) is 8.52. The summed E-state index contributed by atoms with van der Waals surface area (Å²) in [5, 5.41) is 6.75. The Morgan fingerprint density at radius 3 is 2.65 bits per heavy atom. The molecule has 8 nitrogen and oxygen atoms in total. The first-order valence-corrected chi connectivity index (χ1v) is 9.89. The van der Waals surface area contributed by atoms with Gasteiger partial charge in [0.05, 0.1) is 18.9 Å². The lowest BCUT2D eigenvalue weighted by molar-refractivity contribution is 0.0792. The van der Waals surface area contributed by atoms with Gasteiger partial charge in [0.15, 0.2) is 23.2 Å². The molecular formula is C21H23F2N5O3. The van der Waals surface area contributed by atoms with Gasteiger partial charge in [0, 0.05) is 12.1 Å². The lowest BCUT2D eigenvalue weighted by atomic mass is 9.86. The molecule has 0 fully saturated rings. The van der Waals surface area contributed by atoms with Crippen LogP contribution in [0.5, 0.6) is 0 Å². The number of rotatable bonds is 4. The van der Waals surface area contributed by atoms with Crippen LogP contribution in [0, 0.1) is 24.0 Å². The number of aromatic nitrogens is 4. The van der Waals surface area contributed by atoms with Crippen molar-refractivity contribution in [3.63, 3.8) is 0 Å². The monoisotopic (exact) mass is 431 g/mol. The topological polar surface area (TPSA) is 95.1 Å². The molecule has 1 aromatic carbocycles. The molecule has 1 aliphatic heterocycles. The first kappa shape index (κ1) is 21.1. The summed E-state index contributed by atoms with van der Waals surface area (Å²) < 4.78 is 39.8. The van der Waals surface area contributed by atoms with Crippen molar-refractivity contribution in [3.05, 3.63) is 52.9 Å². The molecule has 4 rings (SSSR count). The van der Waals surface area contributed by atoms with Crippen LogP contribution in [0.15, 0.2) is 22.7 Å². The third-order valence-electron chi connectivity index (χ3n) is 5.10. The fourth-order valence-electron chi connectivity index (χ4n) is 3.51. The second kappa shape index (κ2) is 7.84. The van der Waals surface area contributed by atoms with Gasteiger partial charge in [0.25, 0.3) is 5.91 Å². The number of imidazole rings is 1. The first-order chi connectivity index (χ1) is 14.6. The summed E-state index contributed by atoms with van der Waals surface area (Å²) in [7, 11) is 0. The third-order valence-corrected chi connectivity index (χ3v) is 5.10. The van der Waals surface area contributed by atoms with Gasteiger partial charge in [-0.2, -0.15) is 4.98 Å². The zero-order valence-electron chi connectivity index (χ0n) is 17.7. The number of hydrogen-bond acceptors (Lipinski definition) is 6. The minimum Gasteiger partial charge on any atom is -0.373 e. The highest BCUT2D eigenvalue weighted by atomic mass is 19.2. The van der Waals surface area contributed by atoms with E-state index in [0.29, 0.717) is 41.9 Å². The molecule has 2 aromatic heterocycles. The van der Waals surface area contributed by atoms with Crippen molar-refractivity contribution in [1.82, 2.24) is 25.0 Å². The van der Waals surface area contributed by atoms with E-state index >= 15 is 0 Å². The molecular weight excluding hydrogens is 408 g/mol. The number of fused-ring (bicyclic) bond motifs is 1. The average Bonchev–Trinajstić information content (AvgIpc) is 3.31. The third kappa shape index (κ3) is 4.07. The SMILES string of the molecule is Cc1noc([C@@H](NC(=O)c2nc(-c3ccc(F)c(F)c3)n3c2COCC3)C(C)(C)C)n1. The molecule has 3 heterocycles. The van der Waals surface area contributed by atoms with Gasteiger partial charge in [-0.05, 0) is 30.5 Å². The van der Waals surface area contributed by atoms with Crippen molar-refractivity contribution in [1.29, 1.82) is 0 Å². The van der Waals surface area contributed by atoms with Gasteiger partial charge in [-0.1, -0.05) is 25.9 Å². The zero-order chi connectivity index (χ0) is 22.3. The molecule has 1 atom stereocenters. The Bertz CT molecular complexity index is 1130. The van der Waals surface area contributed by atoms with E-state index < -0.39 is 29.0 Å². The highest BCUT2D eigenvalue weighted by Crippen LogP contribution is 2.33. The van der Waals surface area contributed by atoms with Gasteiger partial charge in [-0.3, -0.25) is 4.79 Å². The summed E-state index contributed by atoms with van der Waals surface area (Å²) in [6.07, 6.45) is 0. The van der Waals surface area contributed by atoms with Crippen molar-refractivity contribution in [2.24, 2.45) is 5.41 Å². The van der Waals surface area contributed by atoms with Gasteiger partial charge in [0.2, 0.25) is 5.89 Å². The van der Waals surface area contributed by atoms with Crippen LogP contribution >= 0.6 is 0 Å². The molecule has 0 saturated carbocycles. The van der Waals surface area contributed by atoms with Crippen molar-refractivity contribution >= 4 is 5.91 Å². The van der Waals surface area contributed by atoms with E-state index in [-0.39, 0.29) is 12.3 Å². The molecule has 1 N–H and O–H groups in total. The van der Waals surface area contributed by atoms with Gasteiger partial charge in [-0.25, -0.2) is 13.8 Å². The minimum absolute atomic E-state index is 0.157. The number of nitrogens with zero attached hydrogens (tertiary/aromatic N) is 4. The van der Waals surface area contributed by atoms with Gasteiger partial charge >= 0.3 is 0 Å². The summed E-state index contributed by atoms with van der Waals surface area (Å²) in [5.41, 5.74) is 0.678.